The second-order valence-electron chi connectivity index (χ2n) is 8.22. The second-order valence-corrected chi connectivity index (χ2v) is 11.4. The minimum absolute atomic E-state index is 0.0288. The molecule has 1 unspecified atom stereocenters. The van der Waals surface area contributed by atoms with Crippen LogP contribution in [0.15, 0.2) is 91.0 Å². The zero-order chi connectivity index (χ0) is 22.1. The molecule has 164 valence electrons. The van der Waals surface area contributed by atoms with E-state index in [4.69, 9.17) is 0 Å². The molecule has 2 amide bonds. The van der Waals surface area contributed by atoms with Crippen molar-refractivity contribution in [3.8, 4) is 0 Å². The van der Waals surface area contributed by atoms with Gasteiger partial charge in [0, 0.05) is 0 Å². The number of hydrogen-bond acceptors (Lipinski definition) is 5. The molecule has 6 nitrogen and oxygen atoms in total. The Labute approximate surface area is 188 Å². The predicted octanol–water partition coefficient (Wildman–Crippen LogP) is 3.83. The summed E-state index contributed by atoms with van der Waals surface area (Å²) in [5.41, 5.74) is 1.89. The molecule has 1 atom stereocenters. The number of anilines is 2. The molecule has 0 radical (unpaired) electrons. The van der Waals surface area contributed by atoms with E-state index in [1.807, 2.05) is 100 Å². The van der Waals surface area contributed by atoms with Crippen LogP contribution in [0.3, 0.4) is 0 Å². The van der Waals surface area contributed by atoms with Gasteiger partial charge in [-0.25, -0.2) is 0 Å². The molecule has 0 aliphatic carbocycles. The van der Waals surface area contributed by atoms with Crippen molar-refractivity contribution in [3.63, 3.8) is 0 Å². The Morgan fingerprint density at radius 3 is 1.72 bits per heavy atom. The monoisotopic (exact) mass is 447 g/mol. The fourth-order valence-electron chi connectivity index (χ4n) is 4.82. The van der Waals surface area contributed by atoms with Crippen molar-refractivity contribution in [1.29, 1.82) is 0 Å². The first kappa shape index (κ1) is 20.7. The van der Waals surface area contributed by atoms with Crippen molar-refractivity contribution < 1.29 is 14.5 Å². The van der Waals surface area contributed by atoms with Gasteiger partial charge in [-0.3, -0.25) is 0 Å². The summed E-state index contributed by atoms with van der Waals surface area (Å²) in [7, 11) is -3.60. The molecule has 3 aromatic carbocycles. The molecule has 2 fully saturated rings. The molecule has 7 heteroatoms. The molecule has 2 aliphatic rings. The van der Waals surface area contributed by atoms with Crippen LogP contribution in [0.4, 0.5) is 11.4 Å². The summed E-state index contributed by atoms with van der Waals surface area (Å²) >= 11 is 0. The van der Waals surface area contributed by atoms with Crippen molar-refractivity contribution in [3.05, 3.63) is 96.6 Å². The molecule has 2 saturated heterocycles. The van der Waals surface area contributed by atoms with Gasteiger partial charge in [0.05, 0.1) is 0 Å². The van der Waals surface area contributed by atoms with Crippen molar-refractivity contribution in [2.24, 2.45) is 0 Å². The summed E-state index contributed by atoms with van der Waals surface area (Å²) in [4.78, 5) is 40.3. The molecule has 2 aliphatic heterocycles. The van der Waals surface area contributed by atoms with Gasteiger partial charge in [0.2, 0.25) is 0 Å². The van der Waals surface area contributed by atoms with E-state index in [9.17, 15) is 14.5 Å². The number of benzene rings is 3. The van der Waals surface area contributed by atoms with Crippen LogP contribution >= 0.6 is 7.79 Å². The fourth-order valence-corrected chi connectivity index (χ4v) is 8.72. The number of para-hydroxylation sites is 2. The summed E-state index contributed by atoms with van der Waals surface area (Å²) < 4.78 is 3.98. The third-order valence-electron chi connectivity index (χ3n) is 6.37. The van der Waals surface area contributed by atoms with Crippen molar-refractivity contribution in [2.75, 3.05) is 22.4 Å². The molecule has 0 aromatic heterocycles. The quantitative estimate of drug-likeness (QED) is 0.476. The van der Waals surface area contributed by atoms with Gasteiger partial charge in [-0.15, -0.1) is 0 Å². The van der Waals surface area contributed by atoms with Gasteiger partial charge in [-0.1, -0.05) is 0 Å². The molecular formula is C25H26N3O3P. The van der Waals surface area contributed by atoms with Crippen LogP contribution in [0.2, 0.25) is 0 Å². The fraction of sp³-hybridized carbons (Fsp3) is 0.200. The normalized spacial score (nSPS) is 21.3. The van der Waals surface area contributed by atoms with E-state index in [0.717, 1.165) is 16.9 Å². The van der Waals surface area contributed by atoms with Crippen LogP contribution in [0.25, 0.3) is 0 Å². The van der Waals surface area contributed by atoms with Gasteiger partial charge in [-0.2, -0.15) is 0 Å². The van der Waals surface area contributed by atoms with Gasteiger partial charge in [-0.05, 0) is 0 Å². The second kappa shape index (κ2) is 8.38. The van der Waals surface area contributed by atoms with E-state index in [0.29, 0.717) is 13.1 Å². The standard InChI is InChI=1S/C25H26N3O3P/c29-24-18-23(25(30)26(24)19-20-10-4-1-5-11-20)32(31)27(21-12-6-2-7-13-21)16-17-28(32)22-14-8-3-9-15-22/h1-15,23,31-32H,16-19H2. The summed E-state index contributed by atoms with van der Waals surface area (Å²) in [6.45, 7) is 1.42. The zero-order valence-corrected chi connectivity index (χ0v) is 18.7. The molecular weight excluding hydrogens is 421 g/mol. The molecule has 0 saturated carbocycles. The topological polar surface area (TPSA) is 64.1 Å². The third kappa shape index (κ3) is 3.46. The van der Waals surface area contributed by atoms with Gasteiger partial charge >= 0.3 is 188 Å². The molecule has 0 bridgehead atoms. The molecule has 3 aromatic rings. The number of nitrogens with zero attached hydrogens (tertiary/aromatic N) is 3. The van der Waals surface area contributed by atoms with E-state index in [1.54, 1.807) is 0 Å². The SMILES string of the molecule is O=C1CC([PH]2(O)N(c3ccccc3)CCN2c2ccccc2)C(=O)N1Cc1ccccc1. The minimum atomic E-state index is -3.60. The Bertz CT molecular complexity index is 1060. The molecule has 32 heavy (non-hydrogen) atoms. The summed E-state index contributed by atoms with van der Waals surface area (Å²) in [6, 6.07) is 28.9. The summed E-state index contributed by atoms with van der Waals surface area (Å²) in [5, 5.41) is 0. The van der Waals surface area contributed by atoms with E-state index in [-0.39, 0.29) is 24.8 Å². The van der Waals surface area contributed by atoms with Crippen LogP contribution in [-0.4, -0.2) is 40.4 Å². The average Bonchev–Trinajstić information content (AvgIpc) is 3.33. The maximum atomic E-state index is 13.6. The predicted molar refractivity (Wildman–Crippen MR) is 129 cm³/mol. The van der Waals surface area contributed by atoms with Crippen LogP contribution < -0.4 is 9.34 Å². The summed E-state index contributed by atoms with van der Waals surface area (Å²) in [6.07, 6.45) is 0.0288. The molecule has 2 heterocycles. The Kier molecular flexibility index (Phi) is 5.41. The Morgan fingerprint density at radius 2 is 1.22 bits per heavy atom. The number of likely N-dealkylation sites (tertiary alicyclic amines) is 1. The first-order chi connectivity index (χ1) is 15.6. The molecule has 5 rings (SSSR count). The van der Waals surface area contributed by atoms with E-state index in [1.165, 1.54) is 4.90 Å². The van der Waals surface area contributed by atoms with Gasteiger partial charge < -0.3 is 0 Å². The Morgan fingerprint density at radius 1 is 0.750 bits per heavy atom. The van der Waals surface area contributed by atoms with Gasteiger partial charge in [0.25, 0.3) is 0 Å². The average molecular weight is 447 g/mol. The first-order valence-electron chi connectivity index (χ1n) is 10.8. The van der Waals surface area contributed by atoms with E-state index in [2.05, 4.69) is 0 Å². The Hall–Kier alpha value is -3.21. The van der Waals surface area contributed by atoms with Crippen LogP contribution in [0.5, 0.6) is 0 Å². The number of amides is 2. The number of rotatable bonds is 5. The zero-order valence-electron chi connectivity index (χ0n) is 17.7. The van der Waals surface area contributed by atoms with Crippen LogP contribution in [0.1, 0.15) is 12.0 Å². The van der Waals surface area contributed by atoms with Crippen molar-refractivity contribution >= 4 is 31.0 Å². The number of carbonyl (C=O) groups is 2. The van der Waals surface area contributed by atoms with Crippen LogP contribution in [0, 0.1) is 0 Å². The Balaban J connectivity index is 1.53. The molecule has 0 spiro atoms. The van der Waals surface area contributed by atoms with Crippen molar-refractivity contribution in [1.82, 2.24) is 4.90 Å². The van der Waals surface area contributed by atoms with Gasteiger partial charge in [0.1, 0.15) is 0 Å². The van der Waals surface area contributed by atoms with Crippen molar-refractivity contribution in [2.45, 2.75) is 18.6 Å². The third-order valence-corrected chi connectivity index (χ3v) is 10.3. The number of carbonyl (C=O) groups excluding carboxylic acids is 2. The summed E-state index contributed by atoms with van der Waals surface area (Å²) in [5.74, 6) is -0.505. The van der Waals surface area contributed by atoms with E-state index >= 15 is 0 Å². The molecule has 1 N–H and O–H groups in total. The van der Waals surface area contributed by atoms with Gasteiger partial charge in [0.15, 0.2) is 0 Å². The first-order valence-corrected chi connectivity index (χ1v) is 12.8. The van der Waals surface area contributed by atoms with E-state index < -0.39 is 13.4 Å². The number of hydrogen-bond donors (Lipinski definition) is 1. The number of imide groups is 1. The van der Waals surface area contributed by atoms with Crippen LogP contribution in [-0.2, 0) is 16.1 Å². The maximum absolute atomic E-state index is 13.6.